The largest absolute Gasteiger partial charge is 0.350 e. The molecule has 3 aromatic rings. The molecule has 0 heterocycles. The van der Waals surface area contributed by atoms with Crippen molar-refractivity contribution in [1.29, 1.82) is 0 Å². The van der Waals surface area contributed by atoms with Crippen LogP contribution in [0.25, 0.3) is 0 Å². The molecular formula is C29H32ClN3O4S. The minimum absolute atomic E-state index is 0.0401. The van der Waals surface area contributed by atoms with Crippen LogP contribution in [0.3, 0.4) is 0 Å². The molecule has 7 nitrogen and oxygen atoms in total. The maximum absolute atomic E-state index is 13.4. The van der Waals surface area contributed by atoms with Gasteiger partial charge in [0, 0.05) is 30.6 Å². The van der Waals surface area contributed by atoms with Crippen LogP contribution in [0.2, 0.25) is 5.02 Å². The number of hydrogen-bond acceptors (Lipinski definition) is 4. The maximum Gasteiger partial charge on any atom is 0.242 e. The first-order valence-electron chi connectivity index (χ1n) is 12.7. The summed E-state index contributed by atoms with van der Waals surface area (Å²) in [6, 6.07) is 22.7. The van der Waals surface area contributed by atoms with Crippen LogP contribution in [-0.4, -0.2) is 37.2 Å². The maximum atomic E-state index is 13.4. The topological polar surface area (TPSA) is 95.6 Å². The Labute approximate surface area is 229 Å². The molecule has 2 N–H and O–H groups in total. The highest BCUT2D eigenvalue weighted by atomic mass is 35.5. The van der Waals surface area contributed by atoms with Gasteiger partial charge in [-0.2, -0.15) is 0 Å². The van der Waals surface area contributed by atoms with E-state index in [0.29, 0.717) is 24.5 Å². The minimum Gasteiger partial charge on any atom is -0.350 e. The van der Waals surface area contributed by atoms with E-state index in [1.54, 1.807) is 48.2 Å². The van der Waals surface area contributed by atoms with Crippen molar-refractivity contribution in [2.24, 2.45) is 0 Å². The Morgan fingerprint density at radius 1 is 0.921 bits per heavy atom. The first kappa shape index (κ1) is 27.8. The minimum atomic E-state index is -3.52. The van der Waals surface area contributed by atoms with Crippen LogP contribution in [0.15, 0.2) is 83.8 Å². The van der Waals surface area contributed by atoms with Crippen LogP contribution in [0.4, 0.5) is 0 Å². The van der Waals surface area contributed by atoms with Crippen LogP contribution in [0.1, 0.15) is 42.9 Å². The van der Waals surface area contributed by atoms with Gasteiger partial charge in [-0.3, -0.25) is 9.59 Å². The summed E-state index contributed by atoms with van der Waals surface area (Å²) in [6.07, 6.45) is 2.36. The van der Waals surface area contributed by atoms with Gasteiger partial charge in [0.05, 0.1) is 4.90 Å². The van der Waals surface area contributed by atoms with E-state index in [1.165, 1.54) is 0 Å². The van der Waals surface area contributed by atoms with E-state index in [0.717, 1.165) is 29.5 Å². The standard InChI is InChI=1S/C29H32ClN3O4S/c1-21(29(35)31-19-23-7-12-25(30)13-8-23)33(20-24-5-3-2-4-6-24)28(34)18-11-22-9-16-27(17-10-22)38(36,37)32-26-14-15-26/h2-10,12-13,16-17,21,26,32H,11,14-15,18-20H2,1H3,(H,31,35)/t21-/m0/s1. The van der Waals surface area contributed by atoms with Gasteiger partial charge in [0.15, 0.2) is 0 Å². The number of nitrogens with zero attached hydrogens (tertiary/aromatic N) is 1. The fourth-order valence-electron chi connectivity index (χ4n) is 4.02. The highest BCUT2D eigenvalue weighted by Crippen LogP contribution is 2.22. The molecule has 4 rings (SSSR count). The Morgan fingerprint density at radius 2 is 1.55 bits per heavy atom. The van der Waals surface area contributed by atoms with Gasteiger partial charge >= 0.3 is 0 Å². The summed E-state index contributed by atoms with van der Waals surface area (Å²) in [6.45, 7) is 2.36. The Morgan fingerprint density at radius 3 is 2.18 bits per heavy atom. The van der Waals surface area contributed by atoms with E-state index in [2.05, 4.69) is 10.0 Å². The average Bonchev–Trinajstić information content (AvgIpc) is 3.73. The van der Waals surface area contributed by atoms with Gasteiger partial charge in [0.1, 0.15) is 6.04 Å². The number of rotatable bonds is 12. The summed E-state index contributed by atoms with van der Waals surface area (Å²) >= 11 is 5.94. The summed E-state index contributed by atoms with van der Waals surface area (Å²) in [5.74, 6) is -0.406. The second-order valence-corrected chi connectivity index (χ2v) is 11.7. The molecule has 3 aromatic carbocycles. The molecule has 0 bridgehead atoms. The molecule has 0 spiro atoms. The highest BCUT2D eigenvalue weighted by Gasteiger charge is 2.28. The van der Waals surface area contributed by atoms with Crippen molar-refractivity contribution in [3.63, 3.8) is 0 Å². The molecule has 9 heteroatoms. The molecule has 1 fully saturated rings. The van der Waals surface area contributed by atoms with Crippen LogP contribution in [0, 0.1) is 0 Å². The smallest absolute Gasteiger partial charge is 0.242 e. The molecule has 2 amide bonds. The number of carbonyl (C=O) groups excluding carboxylic acids is 2. The molecule has 1 aliphatic rings. The van der Waals surface area contributed by atoms with Gasteiger partial charge in [0.25, 0.3) is 0 Å². The van der Waals surface area contributed by atoms with E-state index >= 15 is 0 Å². The van der Waals surface area contributed by atoms with Crippen molar-refractivity contribution in [1.82, 2.24) is 14.9 Å². The SMILES string of the molecule is C[C@@H](C(=O)NCc1ccc(Cl)cc1)N(Cc1ccccc1)C(=O)CCc1ccc(S(=O)(=O)NC2CC2)cc1. The fourth-order valence-corrected chi connectivity index (χ4v) is 5.45. The van der Waals surface area contributed by atoms with E-state index in [-0.39, 0.29) is 29.2 Å². The Balaban J connectivity index is 1.39. The van der Waals surface area contributed by atoms with Gasteiger partial charge in [-0.05, 0) is 67.1 Å². The van der Waals surface area contributed by atoms with Gasteiger partial charge in [-0.25, -0.2) is 13.1 Å². The highest BCUT2D eigenvalue weighted by molar-refractivity contribution is 7.89. The number of amides is 2. The lowest BCUT2D eigenvalue weighted by Crippen LogP contribution is -2.47. The summed E-state index contributed by atoms with van der Waals surface area (Å²) in [5.41, 5.74) is 2.69. The lowest BCUT2D eigenvalue weighted by Gasteiger charge is -2.29. The molecular weight excluding hydrogens is 522 g/mol. The van der Waals surface area contributed by atoms with Gasteiger partial charge < -0.3 is 10.2 Å². The number of carbonyl (C=O) groups is 2. The first-order chi connectivity index (χ1) is 18.2. The third-order valence-corrected chi connectivity index (χ3v) is 8.29. The molecule has 1 saturated carbocycles. The van der Waals surface area contributed by atoms with Crippen molar-refractivity contribution in [3.8, 4) is 0 Å². The fraction of sp³-hybridized carbons (Fsp3) is 0.310. The lowest BCUT2D eigenvalue weighted by molar-refractivity contribution is -0.140. The van der Waals surface area contributed by atoms with Crippen molar-refractivity contribution in [2.75, 3.05) is 0 Å². The zero-order valence-electron chi connectivity index (χ0n) is 21.3. The van der Waals surface area contributed by atoms with E-state index in [1.807, 2.05) is 42.5 Å². The number of nitrogens with one attached hydrogen (secondary N) is 2. The van der Waals surface area contributed by atoms with Crippen molar-refractivity contribution >= 4 is 33.4 Å². The number of sulfonamides is 1. The molecule has 0 unspecified atom stereocenters. The molecule has 0 radical (unpaired) electrons. The molecule has 0 aliphatic heterocycles. The Kier molecular flexibility index (Phi) is 9.20. The van der Waals surface area contributed by atoms with E-state index in [9.17, 15) is 18.0 Å². The molecule has 1 aliphatic carbocycles. The molecule has 0 aromatic heterocycles. The summed E-state index contributed by atoms with van der Waals surface area (Å²) in [5, 5.41) is 3.54. The van der Waals surface area contributed by atoms with E-state index < -0.39 is 16.1 Å². The molecule has 1 atom stereocenters. The summed E-state index contributed by atoms with van der Waals surface area (Å²) in [4.78, 5) is 28.2. The van der Waals surface area contributed by atoms with Crippen molar-refractivity contribution in [3.05, 3.63) is 101 Å². The molecule has 38 heavy (non-hydrogen) atoms. The van der Waals surface area contributed by atoms with Gasteiger partial charge in [-0.1, -0.05) is 66.2 Å². The van der Waals surface area contributed by atoms with E-state index in [4.69, 9.17) is 11.6 Å². The number of aryl methyl sites for hydroxylation is 1. The Hall–Kier alpha value is -3.20. The number of halogens is 1. The summed E-state index contributed by atoms with van der Waals surface area (Å²) < 4.78 is 27.5. The molecule has 200 valence electrons. The van der Waals surface area contributed by atoms with Crippen molar-refractivity contribution in [2.45, 2.75) is 62.7 Å². The average molecular weight is 554 g/mol. The third-order valence-electron chi connectivity index (χ3n) is 6.50. The van der Waals surface area contributed by atoms with Gasteiger partial charge in [0.2, 0.25) is 21.8 Å². The third kappa shape index (κ3) is 7.90. The zero-order valence-corrected chi connectivity index (χ0v) is 22.8. The van der Waals surface area contributed by atoms with Crippen LogP contribution in [0.5, 0.6) is 0 Å². The summed E-state index contributed by atoms with van der Waals surface area (Å²) in [7, 11) is -3.52. The molecule has 0 saturated heterocycles. The van der Waals surface area contributed by atoms with Crippen LogP contribution in [-0.2, 0) is 39.1 Å². The van der Waals surface area contributed by atoms with Crippen LogP contribution >= 0.6 is 11.6 Å². The predicted octanol–water partition coefficient (Wildman–Crippen LogP) is 4.45. The number of benzene rings is 3. The monoisotopic (exact) mass is 553 g/mol. The quantitative estimate of drug-likeness (QED) is 0.346. The second-order valence-electron chi connectivity index (χ2n) is 9.57. The predicted molar refractivity (Wildman–Crippen MR) is 148 cm³/mol. The second kappa shape index (κ2) is 12.6. The lowest BCUT2D eigenvalue weighted by atomic mass is 10.1. The number of hydrogen-bond donors (Lipinski definition) is 2. The Bertz CT molecular complexity index is 1340. The van der Waals surface area contributed by atoms with Crippen molar-refractivity contribution < 1.29 is 18.0 Å². The van der Waals surface area contributed by atoms with Crippen LogP contribution < -0.4 is 10.0 Å². The zero-order chi connectivity index (χ0) is 27.1. The first-order valence-corrected chi connectivity index (χ1v) is 14.5. The van der Waals surface area contributed by atoms with Gasteiger partial charge in [-0.15, -0.1) is 0 Å². The normalized spacial score (nSPS) is 14.1.